The number of carbonyl (C=O) groups is 4. The molecular formula is C83H144O17P2. The van der Waals surface area contributed by atoms with E-state index in [1.807, 2.05) is 18.2 Å². The molecule has 19 heteroatoms. The number of ether oxygens (including phenoxy) is 4. The number of hydrogen-bond donors (Lipinski definition) is 3. The Labute approximate surface area is 619 Å². The first-order chi connectivity index (χ1) is 49.7. The molecule has 0 spiro atoms. The quantitative estimate of drug-likeness (QED) is 0.0169. The lowest BCUT2D eigenvalue weighted by atomic mass is 10.0. The first-order valence-corrected chi connectivity index (χ1v) is 43.1. The Balaban J connectivity index is 5.40. The largest absolute Gasteiger partial charge is 0.472 e. The molecule has 0 saturated heterocycles. The fourth-order valence-corrected chi connectivity index (χ4v) is 12.3. The lowest BCUT2D eigenvalue weighted by Gasteiger charge is -2.21. The van der Waals surface area contributed by atoms with Crippen LogP contribution in [-0.4, -0.2) is 96.7 Å². The number of phosphoric acid groups is 2. The maximum absolute atomic E-state index is 13.1. The Bertz CT molecular complexity index is 2360. The highest BCUT2D eigenvalue weighted by molar-refractivity contribution is 7.47. The van der Waals surface area contributed by atoms with Crippen molar-refractivity contribution in [3.8, 4) is 0 Å². The number of unbranched alkanes of at least 4 members (excludes halogenated alkanes) is 31. The monoisotopic (exact) mass is 1470 g/mol. The second-order valence-corrected chi connectivity index (χ2v) is 29.5. The SMILES string of the molecule is CC/C=C\C/C=C\C/C=C\C/C=C\C/C=C\C/C=C\CCC(=O)OCC(COP(=O)(O)OCC(O)COP(=O)(O)OCC(COC(=O)CCCCCCCCCCCCCCCCC)OC(=O)CCCCCCCCCCCCCCC)OC(=O)CCCCCCC/C=C\C/C=C\C/C=C\CC. The predicted octanol–water partition coefficient (Wildman–Crippen LogP) is 23.3. The highest BCUT2D eigenvalue weighted by atomic mass is 31.2. The molecule has 0 saturated carbocycles. The highest BCUT2D eigenvalue weighted by Gasteiger charge is 2.30. The molecule has 17 nitrogen and oxygen atoms in total. The van der Waals surface area contributed by atoms with Gasteiger partial charge in [0.1, 0.15) is 19.3 Å². The summed E-state index contributed by atoms with van der Waals surface area (Å²) in [5.41, 5.74) is 0. The zero-order valence-corrected chi connectivity index (χ0v) is 66.0. The zero-order chi connectivity index (χ0) is 74.6. The van der Waals surface area contributed by atoms with Crippen LogP contribution >= 0.6 is 15.6 Å². The first-order valence-electron chi connectivity index (χ1n) is 40.1. The van der Waals surface area contributed by atoms with Gasteiger partial charge in [-0.2, -0.15) is 0 Å². The van der Waals surface area contributed by atoms with Crippen LogP contribution in [0.3, 0.4) is 0 Å². The topological polar surface area (TPSA) is 237 Å². The third-order valence-electron chi connectivity index (χ3n) is 16.8. The Morgan fingerprint density at radius 1 is 0.284 bits per heavy atom. The summed E-state index contributed by atoms with van der Waals surface area (Å²) in [6.07, 6.45) is 80.8. The fraction of sp³-hybridized carbons (Fsp3) is 0.735. The third kappa shape index (κ3) is 74.0. The number of carbonyl (C=O) groups excluding carboxylic acids is 4. The van der Waals surface area contributed by atoms with Crippen LogP contribution in [0.2, 0.25) is 0 Å². The van der Waals surface area contributed by atoms with Gasteiger partial charge >= 0.3 is 39.5 Å². The smallest absolute Gasteiger partial charge is 0.462 e. The maximum atomic E-state index is 13.1. The number of aliphatic hydroxyl groups excluding tert-OH is 1. The molecule has 102 heavy (non-hydrogen) atoms. The second-order valence-electron chi connectivity index (χ2n) is 26.6. The molecule has 0 aliphatic rings. The average Bonchev–Trinajstić information content (AvgIpc) is 0.924. The average molecular weight is 1480 g/mol. The Morgan fingerprint density at radius 3 is 0.843 bits per heavy atom. The molecule has 0 heterocycles. The van der Waals surface area contributed by atoms with Crippen molar-refractivity contribution in [1.82, 2.24) is 0 Å². The van der Waals surface area contributed by atoms with Gasteiger partial charge in [0, 0.05) is 25.7 Å². The van der Waals surface area contributed by atoms with Crippen LogP contribution in [0.15, 0.2) is 109 Å². The van der Waals surface area contributed by atoms with Crippen LogP contribution < -0.4 is 0 Å². The summed E-state index contributed by atoms with van der Waals surface area (Å²) >= 11 is 0. The van der Waals surface area contributed by atoms with Gasteiger partial charge in [-0.3, -0.25) is 37.3 Å². The summed E-state index contributed by atoms with van der Waals surface area (Å²) in [4.78, 5) is 73.0. The number of phosphoric ester groups is 2. The van der Waals surface area contributed by atoms with E-state index in [1.54, 1.807) is 0 Å². The van der Waals surface area contributed by atoms with Crippen LogP contribution in [0.4, 0.5) is 0 Å². The molecular weight excluding hydrogens is 1330 g/mol. The second kappa shape index (κ2) is 75.0. The minimum Gasteiger partial charge on any atom is -0.462 e. The van der Waals surface area contributed by atoms with Crippen LogP contribution in [0.25, 0.3) is 0 Å². The van der Waals surface area contributed by atoms with Crippen molar-refractivity contribution in [2.45, 2.75) is 354 Å². The van der Waals surface area contributed by atoms with Crippen molar-refractivity contribution in [3.05, 3.63) is 109 Å². The number of rotatable bonds is 75. The van der Waals surface area contributed by atoms with Gasteiger partial charge in [0.15, 0.2) is 12.2 Å². The normalized spacial score (nSPS) is 14.5. The molecule has 0 aliphatic heterocycles. The number of aliphatic hydroxyl groups is 1. The van der Waals surface area contributed by atoms with Crippen molar-refractivity contribution >= 4 is 39.5 Å². The molecule has 5 atom stereocenters. The van der Waals surface area contributed by atoms with Crippen molar-refractivity contribution < 1.29 is 80.2 Å². The fourth-order valence-electron chi connectivity index (χ4n) is 10.7. The van der Waals surface area contributed by atoms with Gasteiger partial charge in [0.2, 0.25) is 0 Å². The zero-order valence-electron chi connectivity index (χ0n) is 64.3. The number of esters is 4. The van der Waals surface area contributed by atoms with Crippen LogP contribution in [0.5, 0.6) is 0 Å². The van der Waals surface area contributed by atoms with E-state index < -0.39 is 97.5 Å². The molecule has 0 aliphatic carbocycles. The standard InChI is InChI=1S/C83H144O17P2/c1-5-9-13-17-21-25-29-33-36-37-38-39-42-45-48-52-56-60-64-68-81(86)94-74-79(100-83(88)70-66-62-58-54-50-46-41-35-31-27-23-19-15-11-7-3)76-98-102(91,92)96-72-77(84)71-95-101(89,90)97-75-78(99-82(87)69-65-61-57-53-49-43-32-28-24-20-16-12-8-4)73-93-80(85)67-63-59-55-51-47-44-40-34-30-26-22-18-14-10-6-2/h9,11,13,15,21,23,25,27,33,35-36,38-39,41,45,48,56,60,77-79,84H,5-8,10,12,14,16-20,22,24,26,28-32,34,37,40,42-44,46-47,49-55,57-59,61-76H2,1-4H3,(H,89,90)(H,91,92)/b13-9-,15-11-,25-21-,27-23-,36-33-,39-38-,41-35-,48-45-,60-56-. The predicted molar refractivity (Wildman–Crippen MR) is 418 cm³/mol. The highest BCUT2D eigenvalue weighted by Crippen LogP contribution is 2.45. The van der Waals surface area contributed by atoms with Gasteiger partial charge < -0.3 is 33.8 Å². The van der Waals surface area contributed by atoms with Crippen molar-refractivity contribution in [2.24, 2.45) is 0 Å². The van der Waals surface area contributed by atoms with Crippen LogP contribution in [0.1, 0.15) is 336 Å². The van der Waals surface area contributed by atoms with Crippen LogP contribution in [-0.2, 0) is 65.4 Å². The van der Waals surface area contributed by atoms with E-state index in [4.69, 9.17) is 37.0 Å². The molecule has 0 aromatic carbocycles. The van der Waals surface area contributed by atoms with E-state index in [2.05, 4.69) is 119 Å². The van der Waals surface area contributed by atoms with Crippen molar-refractivity contribution in [1.29, 1.82) is 0 Å². The number of hydrogen-bond acceptors (Lipinski definition) is 15. The van der Waals surface area contributed by atoms with Crippen LogP contribution in [0, 0.1) is 0 Å². The lowest BCUT2D eigenvalue weighted by molar-refractivity contribution is -0.161. The summed E-state index contributed by atoms with van der Waals surface area (Å²) in [7, 11) is -9.97. The molecule has 0 radical (unpaired) electrons. The Hall–Kier alpha value is -4.28. The third-order valence-corrected chi connectivity index (χ3v) is 18.7. The summed E-state index contributed by atoms with van der Waals surface area (Å²) in [6, 6.07) is 0. The summed E-state index contributed by atoms with van der Waals surface area (Å²) in [6.45, 7) is 4.59. The van der Waals surface area contributed by atoms with Gasteiger partial charge in [0.05, 0.1) is 26.4 Å². The van der Waals surface area contributed by atoms with E-state index in [9.17, 15) is 43.2 Å². The molecule has 588 valence electrons. The maximum Gasteiger partial charge on any atom is 0.472 e. The molecule has 0 aromatic rings. The molecule has 3 N–H and O–H groups in total. The lowest BCUT2D eigenvalue weighted by Crippen LogP contribution is -2.30. The molecule has 0 amide bonds. The van der Waals surface area contributed by atoms with E-state index in [0.29, 0.717) is 32.1 Å². The Kier molecular flexibility index (Phi) is 71.8. The van der Waals surface area contributed by atoms with Gasteiger partial charge in [0.25, 0.3) is 0 Å². The van der Waals surface area contributed by atoms with Gasteiger partial charge in [-0.15, -0.1) is 0 Å². The minimum atomic E-state index is -5.00. The molecule has 5 unspecified atom stereocenters. The molecule has 0 rings (SSSR count). The number of allylic oxidation sites excluding steroid dienone is 18. The molecule has 0 aromatic heterocycles. The van der Waals surface area contributed by atoms with Crippen molar-refractivity contribution in [2.75, 3.05) is 39.6 Å². The minimum absolute atomic E-state index is 0.0312. The van der Waals surface area contributed by atoms with Gasteiger partial charge in [-0.05, 0) is 96.3 Å². The van der Waals surface area contributed by atoms with Gasteiger partial charge in [-0.1, -0.05) is 323 Å². The van der Waals surface area contributed by atoms with E-state index in [-0.39, 0.29) is 25.7 Å². The first kappa shape index (κ1) is 97.7. The molecule has 0 fully saturated rings. The van der Waals surface area contributed by atoms with Crippen molar-refractivity contribution in [3.63, 3.8) is 0 Å². The Morgan fingerprint density at radius 2 is 0.529 bits per heavy atom. The van der Waals surface area contributed by atoms with E-state index in [0.717, 1.165) is 128 Å². The van der Waals surface area contributed by atoms with E-state index >= 15 is 0 Å². The van der Waals surface area contributed by atoms with Gasteiger partial charge in [-0.25, -0.2) is 9.13 Å². The molecule has 0 bridgehead atoms. The summed E-state index contributed by atoms with van der Waals surface area (Å²) in [5.74, 6) is -2.27. The summed E-state index contributed by atoms with van der Waals surface area (Å²) in [5, 5.41) is 10.6. The summed E-state index contributed by atoms with van der Waals surface area (Å²) < 4.78 is 68.5. The van der Waals surface area contributed by atoms with E-state index in [1.165, 1.54) is 122 Å².